The van der Waals surface area contributed by atoms with Crippen LogP contribution in [0.1, 0.15) is 61.4 Å². The number of hydrogen-bond acceptors (Lipinski definition) is 5. The highest BCUT2D eigenvalue weighted by Crippen LogP contribution is 2.44. The number of carbonyl (C=O) groups excluding carboxylic acids is 1. The van der Waals surface area contributed by atoms with Crippen LogP contribution in [0.15, 0.2) is 72.2 Å². The van der Waals surface area contributed by atoms with Crippen LogP contribution >= 0.6 is 0 Å². The molecule has 5 rings (SSSR count). The predicted molar refractivity (Wildman–Crippen MR) is 154 cm³/mol. The summed E-state index contributed by atoms with van der Waals surface area (Å²) in [5, 5.41) is 12.6. The zero-order valence-corrected chi connectivity index (χ0v) is 23.3. The Labute approximate surface area is 231 Å². The van der Waals surface area contributed by atoms with E-state index in [0.717, 1.165) is 22.2 Å². The smallest absolute Gasteiger partial charge is 0.449 e. The minimum absolute atomic E-state index is 0.00914. The Bertz CT molecular complexity index is 1350. The van der Waals surface area contributed by atoms with E-state index in [1.165, 1.54) is 22.3 Å². The highest BCUT2D eigenvalue weighted by molar-refractivity contribution is 6.56. The third-order valence-electron chi connectivity index (χ3n) is 8.34. The number of aliphatic hydroxyl groups excluding tert-OH is 1. The molecule has 2 aliphatic rings. The van der Waals surface area contributed by atoms with E-state index >= 15 is 0 Å². The van der Waals surface area contributed by atoms with Crippen LogP contribution in [0.5, 0.6) is 0 Å². The highest BCUT2D eigenvalue weighted by Gasteiger charge is 2.52. The lowest BCUT2D eigenvalue weighted by Crippen LogP contribution is -2.41. The molecule has 1 saturated heterocycles. The van der Waals surface area contributed by atoms with Gasteiger partial charge in [-0.15, -0.1) is 0 Å². The zero-order valence-electron chi connectivity index (χ0n) is 23.3. The Morgan fingerprint density at radius 2 is 1.54 bits per heavy atom. The van der Waals surface area contributed by atoms with Crippen molar-refractivity contribution >= 4 is 19.3 Å². The molecule has 0 aromatic heterocycles. The Balaban J connectivity index is 1.32. The molecule has 1 heterocycles. The summed E-state index contributed by atoms with van der Waals surface area (Å²) in [7, 11) is -0.638. The van der Waals surface area contributed by atoms with Crippen molar-refractivity contribution < 1.29 is 23.9 Å². The largest absolute Gasteiger partial charge is 0.492 e. The zero-order chi connectivity index (χ0) is 27.8. The molecule has 3 aromatic carbocycles. The molecular formula is C32H36BNO5. The average molecular weight is 525 g/mol. The molecule has 0 atom stereocenters. The molecule has 2 N–H and O–H groups in total. The summed E-state index contributed by atoms with van der Waals surface area (Å²) in [6, 6.07) is 22.3. The Hall–Kier alpha value is -3.39. The lowest BCUT2D eigenvalue weighted by atomic mass is 9.76. The molecule has 0 radical (unpaired) electrons. The monoisotopic (exact) mass is 525 g/mol. The second kappa shape index (κ2) is 10.6. The first-order chi connectivity index (χ1) is 18.6. The molecule has 1 fully saturated rings. The molecule has 3 aromatic rings. The fraction of sp³-hybridized carbons (Fsp3) is 0.344. The second-order valence-electron chi connectivity index (χ2n) is 11.3. The number of nitrogens with one attached hydrogen (secondary N) is 1. The van der Waals surface area contributed by atoms with E-state index < -0.39 is 24.4 Å². The van der Waals surface area contributed by atoms with Crippen molar-refractivity contribution in [3.05, 3.63) is 100 Å². The molecule has 7 heteroatoms. The van der Waals surface area contributed by atoms with Crippen LogP contribution in [0, 0.1) is 6.92 Å². The Morgan fingerprint density at radius 1 is 0.949 bits per heavy atom. The lowest BCUT2D eigenvalue weighted by molar-refractivity contribution is 0.00578. The second-order valence-corrected chi connectivity index (χ2v) is 11.3. The van der Waals surface area contributed by atoms with E-state index in [9.17, 15) is 9.90 Å². The summed E-state index contributed by atoms with van der Waals surface area (Å²) >= 11 is 0. The van der Waals surface area contributed by atoms with Crippen LogP contribution in [0.4, 0.5) is 4.79 Å². The first-order valence-electron chi connectivity index (χ1n) is 13.5. The van der Waals surface area contributed by atoms with Gasteiger partial charge in [0.05, 0.1) is 17.8 Å². The molecule has 1 aliphatic carbocycles. The van der Waals surface area contributed by atoms with E-state index in [-0.39, 0.29) is 25.7 Å². The summed E-state index contributed by atoms with van der Waals surface area (Å²) in [6.07, 6.45) is 1.47. The maximum Gasteiger partial charge on any atom is 0.492 e. The van der Waals surface area contributed by atoms with Crippen molar-refractivity contribution in [2.75, 3.05) is 13.2 Å². The number of benzene rings is 3. The number of fused-ring (bicyclic) bond motifs is 3. The van der Waals surface area contributed by atoms with E-state index in [2.05, 4.69) is 29.6 Å². The van der Waals surface area contributed by atoms with Gasteiger partial charge in [-0.25, -0.2) is 4.79 Å². The number of aliphatic hydroxyl groups is 1. The van der Waals surface area contributed by atoms with E-state index in [4.69, 9.17) is 14.0 Å². The molecule has 202 valence electrons. The number of amides is 1. The number of carbonyl (C=O) groups is 1. The summed E-state index contributed by atoms with van der Waals surface area (Å²) < 4.78 is 18.4. The van der Waals surface area contributed by atoms with Crippen molar-refractivity contribution in [1.29, 1.82) is 0 Å². The van der Waals surface area contributed by atoms with Crippen molar-refractivity contribution in [2.24, 2.45) is 0 Å². The van der Waals surface area contributed by atoms with Gasteiger partial charge in [0, 0.05) is 12.5 Å². The van der Waals surface area contributed by atoms with E-state index in [1.54, 1.807) is 0 Å². The fourth-order valence-corrected chi connectivity index (χ4v) is 5.25. The molecule has 0 bridgehead atoms. The summed E-state index contributed by atoms with van der Waals surface area (Å²) in [5.74, 6) is -0.00914. The van der Waals surface area contributed by atoms with E-state index in [0.29, 0.717) is 0 Å². The van der Waals surface area contributed by atoms with Gasteiger partial charge in [0.15, 0.2) is 0 Å². The first kappa shape index (κ1) is 27.2. The topological polar surface area (TPSA) is 77.0 Å². The van der Waals surface area contributed by atoms with Crippen LogP contribution < -0.4 is 5.32 Å². The Morgan fingerprint density at radius 3 is 2.13 bits per heavy atom. The molecule has 0 spiro atoms. The van der Waals surface area contributed by atoms with Crippen molar-refractivity contribution in [3.63, 3.8) is 0 Å². The number of hydrogen-bond donors (Lipinski definition) is 2. The lowest BCUT2D eigenvalue weighted by Gasteiger charge is -2.32. The molecule has 0 saturated carbocycles. The van der Waals surface area contributed by atoms with Gasteiger partial charge in [-0.05, 0) is 79.0 Å². The molecule has 1 aliphatic heterocycles. The van der Waals surface area contributed by atoms with Crippen LogP contribution in [0.2, 0.25) is 0 Å². The van der Waals surface area contributed by atoms with Gasteiger partial charge in [-0.2, -0.15) is 0 Å². The molecule has 0 unspecified atom stereocenters. The molecule has 6 nitrogen and oxygen atoms in total. The van der Waals surface area contributed by atoms with Crippen LogP contribution in [0.25, 0.3) is 17.2 Å². The normalized spacial score (nSPS) is 17.6. The maximum atomic E-state index is 12.9. The molecule has 39 heavy (non-hydrogen) atoms. The minimum atomic E-state index is -0.638. The average Bonchev–Trinajstić information content (AvgIpc) is 3.35. The van der Waals surface area contributed by atoms with Gasteiger partial charge in [0.1, 0.15) is 6.61 Å². The third-order valence-corrected chi connectivity index (χ3v) is 8.34. The summed E-state index contributed by atoms with van der Waals surface area (Å²) in [4.78, 5) is 12.9. The van der Waals surface area contributed by atoms with Crippen molar-refractivity contribution in [3.8, 4) is 11.1 Å². The van der Waals surface area contributed by atoms with Gasteiger partial charge in [-0.3, -0.25) is 0 Å². The predicted octanol–water partition coefficient (Wildman–Crippen LogP) is 6.04. The van der Waals surface area contributed by atoms with Gasteiger partial charge < -0.3 is 24.5 Å². The van der Waals surface area contributed by atoms with Gasteiger partial charge >= 0.3 is 13.2 Å². The number of ether oxygens (including phenoxy) is 1. The Kier molecular flexibility index (Phi) is 7.42. The first-order valence-corrected chi connectivity index (χ1v) is 13.5. The fourth-order valence-electron chi connectivity index (χ4n) is 5.25. The van der Waals surface area contributed by atoms with Crippen LogP contribution in [-0.4, -0.2) is 42.7 Å². The van der Waals surface area contributed by atoms with Crippen molar-refractivity contribution in [2.45, 2.75) is 58.3 Å². The number of rotatable bonds is 7. The maximum absolute atomic E-state index is 12.9. The highest BCUT2D eigenvalue weighted by atomic mass is 16.7. The molecule has 1 amide bonds. The van der Waals surface area contributed by atoms with Crippen LogP contribution in [-0.2, 0) is 20.7 Å². The molecular weight excluding hydrogens is 489 g/mol. The van der Waals surface area contributed by atoms with Gasteiger partial charge in [0.2, 0.25) is 0 Å². The van der Waals surface area contributed by atoms with Crippen molar-refractivity contribution in [1.82, 2.24) is 5.32 Å². The summed E-state index contributed by atoms with van der Waals surface area (Å²) in [5.41, 5.74) is 7.18. The summed E-state index contributed by atoms with van der Waals surface area (Å²) in [6.45, 7) is 10.4. The van der Waals surface area contributed by atoms with Gasteiger partial charge in [-0.1, -0.05) is 72.8 Å². The van der Waals surface area contributed by atoms with E-state index in [1.807, 2.05) is 83.2 Å². The standard InChI is InChI=1S/C32H36BNO5/c1-21-22(11-10-12-23(21)19-35)17-24(33-38-31(2,3)32(4,5)39-33)18-34-30(36)37-20-29-27-15-8-6-13-25(27)26-14-7-9-16-28(26)29/h6-17,29,35H,18-20H2,1-5H3,(H,34,36). The third kappa shape index (κ3) is 5.27. The number of alkyl carbamates (subject to hydrolysis) is 1. The van der Waals surface area contributed by atoms with Crippen LogP contribution in [0.3, 0.4) is 0 Å². The SMILES string of the molecule is Cc1c(C=C(CNC(=O)OCC2c3ccccc3-c3ccccc32)B2OC(C)(C)C(C)(C)O2)cccc1CO. The quantitative estimate of drug-likeness (QED) is 0.368. The minimum Gasteiger partial charge on any atom is -0.449 e. The van der Waals surface area contributed by atoms with Gasteiger partial charge in [0.25, 0.3) is 0 Å².